The Bertz CT molecular complexity index is 1730. The van der Waals surface area contributed by atoms with E-state index < -0.39 is 73.1 Å². The van der Waals surface area contributed by atoms with E-state index in [1.807, 2.05) is 0 Å². The Balaban J connectivity index is 2.50. The van der Waals surface area contributed by atoms with Crippen LogP contribution in [-0.2, 0) is 63.8 Å². The summed E-state index contributed by atoms with van der Waals surface area (Å²) in [5.41, 5.74) is -0.280. The fraction of sp³-hybridized carbons (Fsp3) is 0.500. The van der Waals surface area contributed by atoms with Gasteiger partial charge in [0.15, 0.2) is 11.6 Å². The Hall–Kier alpha value is -5.41. The highest BCUT2D eigenvalue weighted by atomic mass is 19.1. The average Bonchev–Trinajstić information content (AvgIpc) is 3.22. The molecule has 0 N–H and O–H groups in total. The Kier molecular flexibility index (Phi) is 22.4. The molecule has 0 amide bonds. The second-order valence-electron chi connectivity index (χ2n) is 14.1. The minimum Gasteiger partial charge on any atom is -0.492 e. The molecular weight excluding hydrogens is 771 g/mol. The quantitative estimate of drug-likeness (QED) is 0.0270. The van der Waals surface area contributed by atoms with E-state index in [0.717, 1.165) is 32.1 Å². The number of Topliss-reactive ketones (excluding diaryl/α,β-unsaturated/α-hetero) is 2. The number of carbonyl (C=O) groups is 6. The van der Waals surface area contributed by atoms with E-state index in [1.54, 1.807) is 18.2 Å². The summed E-state index contributed by atoms with van der Waals surface area (Å²) in [4.78, 5) is 75.3. The van der Waals surface area contributed by atoms with Crippen LogP contribution >= 0.6 is 0 Å². The minimum absolute atomic E-state index is 0.0179. The number of hydrogen-bond acceptors (Lipinski definition) is 14. The van der Waals surface area contributed by atoms with Crippen molar-refractivity contribution < 1.29 is 71.1 Å². The molecule has 0 aliphatic carbocycles. The first-order chi connectivity index (χ1) is 28.2. The molecule has 0 unspecified atom stereocenters. The summed E-state index contributed by atoms with van der Waals surface area (Å²) < 4.78 is 58.4. The molecule has 0 saturated carbocycles. The number of hydrogen-bond donors (Lipinski definition) is 0. The van der Waals surface area contributed by atoms with Crippen molar-refractivity contribution in [2.45, 2.75) is 78.7 Å². The largest absolute Gasteiger partial charge is 0.492 e. The Morgan fingerprint density at radius 3 is 1.61 bits per heavy atom. The molecule has 0 atom stereocenters. The normalized spacial score (nSPS) is 10.9. The number of ether oxygens (including phenoxy) is 8. The van der Waals surface area contributed by atoms with Crippen LogP contribution in [-0.4, -0.2) is 95.9 Å². The van der Waals surface area contributed by atoms with Crippen molar-refractivity contribution in [3.05, 3.63) is 72.1 Å². The molecular formula is C44H57FO14. The third-order valence-electron chi connectivity index (χ3n) is 8.72. The van der Waals surface area contributed by atoms with Crippen molar-refractivity contribution in [3.8, 4) is 22.6 Å². The maximum Gasteiger partial charge on any atom is 0.374 e. The summed E-state index contributed by atoms with van der Waals surface area (Å²) in [5, 5.41) is 0. The zero-order chi connectivity index (χ0) is 43.8. The van der Waals surface area contributed by atoms with Gasteiger partial charge in [-0.05, 0) is 55.7 Å². The monoisotopic (exact) mass is 828 g/mol. The van der Waals surface area contributed by atoms with Gasteiger partial charge in [0.25, 0.3) is 0 Å². The highest BCUT2D eigenvalue weighted by Crippen LogP contribution is 2.32. The van der Waals surface area contributed by atoms with Crippen LogP contribution in [0.15, 0.2) is 60.7 Å². The maximum atomic E-state index is 15.2. The van der Waals surface area contributed by atoms with Crippen LogP contribution in [0.3, 0.4) is 0 Å². The number of esters is 4. The highest BCUT2D eigenvalue weighted by Gasteiger charge is 2.39. The summed E-state index contributed by atoms with van der Waals surface area (Å²) in [6, 6.07) is 9.29. The van der Waals surface area contributed by atoms with E-state index in [4.69, 9.17) is 37.9 Å². The maximum absolute atomic E-state index is 15.2. The molecule has 0 saturated heterocycles. The van der Waals surface area contributed by atoms with Gasteiger partial charge in [-0.3, -0.25) is 9.59 Å². The molecule has 0 spiro atoms. The molecule has 0 fully saturated rings. The van der Waals surface area contributed by atoms with Gasteiger partial charge in [0, 0.05) is 43.8 Å². The van der Waals surface area contributed by atoms with E-state index in [2.05, 4.69) is 20.1 Å². The van der Waals surface area contributed by atoms with Crippen molar-refractivity contribution in [3.63, 3.8) is 0 Å². The van der Waals surface area contributed by atoms with Crippen molar-refractivity contribution in [2.75, 3.05) is 60.5 Å². The lowest BCUT2D eigenvalue weighted by Crippen LogP contribution is -2.45. The van der Waals surface area contributed by atoms with Gasteiger partial charge in [-0.25, -0.2) is 23.6 Å². The zero-order valence-corrected chi connectivity index (χ0v) is 34.8. The van der Waals surface area contributed by atoms with Gasteiger partial charge >= 0.3 is 23.9 Å². The number of halogens is 1. The molecule has 0 heterocycles. The Labute approximate surface area is 345 Å². The summed E-state index contributed by atoms with van der Waals surface area (Å²) >= 11 is 0. The fourth-order valence-electron chi connectivity index (χ4n) is 5.16. The molecule has 2 aromatic carbocycles. The molecule has 14 nitrogen and oxygen atoms in total. The summed E-state index contributed by atoms with van der Waals surface area (Å²) in [6.07, 6.45) is 5.81. The molecule has 0 aromatic heterocycles. The van der Waals surface area contributed by atoms with E-state index in [9.17, 15) is 28.8 Å². The summed E-state index contributed by atoms with van der Waals surface area (Å²) in [7, 11) is 2.70. The lowest BCUT2D eigenvalue weighted by atomic mass is 9.91. The third kappa shape index (κ3) is 18.0. The molecule has 59 heavy (non-hydrogen) atoms. The molecule has 2 aromatic rings. The lowest BCUT2D eigenvalue weighted by molar-refractivity contribution is -0.169. The third-order valence-corrected chi connectivity index (χ3v) is 8.72. The molecule has 0 bridgehead atoms. The first-order valence-corrected chi connectivity index (χ1v) is 19.4. The molecule has 324 valence electrons. The summed E-state index contributed by atoms with van der Waals surface area (Å²) in [5.74, 6) is -6.21. The Morgan fingerprint density at radius 1 is 0.593 bits per heavy atom. The summed E-state index contributed by atoms with van der Waals surface area (Å²) in [6.45, 7) is 9.60. The van der Waals surface area contributed by atoms with E-state index >= 15 is 4.39 Å². The van der Waals surface area contributed by atoms with Gasteiger partial charge in [-0.1, -0.05) is 64.3 Å². The van der Waals surface area contributed by atoms with Crippen molar-refractivity contribution in [1.82, 2.24) is 0 Å². The number of benzene rings is 2. The topological polar surface area (TPSA) is 176 Å². The predicted molar refractivity (Wildman–Crippen MR) is 214 cm³/mol. The van der Waals surface area contributed by atoms with Crippen LogP contribution in [0.1, 0.15) is 77.7 Å². The van der Waals surface area contributed by atoms with E-state index in [-0.39, 0.29) is 55.3 Å². The first-order valence-electron chi connectivity index (χ1n) is 19.4. The zero-order valence-electron chi connectivity index (χ0n) is 34.8. The van der Waals surface area contributed by atoms with Crippen LogP contribution in [0.5, 0.6) is 11.5 Å². The van der Waals surface area contributed by atoms with Crippen molar-refractivity contribution in [1.29, 1.82) is 0 Å². The average molecular weight is 829 g/mol. The molecule has 2 rings (SSSR count). The van der Waals surface area contributed by atoms with Crippen LogP contribution in [0.2, 0.25) is 0 Å². The van der Waals surface area contributed by atoms with Gasteiger partial charge in [0.1, 0.15) is 44.2 Å². The second-order valence-corrected chi connectivity index (χ2v) is 14.1. The lowest BCUT2D eigenvalue weighted by Gasteiger charge is -2.32. The molecule has 15 heteroatoms. The Morgan fingerprint density at radius 2 is 1.08 bits per heavy atom. The standard InChI is InChI=1S/C44H57FO14/c1-8-9-10-11-12-13-20-54-39-17-15-33(24-35(39)45)32-14-16-38(34(23-32)25-55-40(48)30(2)3)56-26-44(27-57-41(49)31(4)5,28-58-42(50)36(46)18-21-52-6)29-59-43(51)37(47)19-22-53-7/h14-17,23-24H,2,4,8-13,18-22,25-29H2,1,3,5-7H3. The number of unbranched alkanes of at least 4 members (excludes halogenated alkanes) is 5. The van der Waals surface area contributed by atoms with E-state index in [0.29, 0.717) is 23.3 Å². The van der Waals surface area contributed by atoms with Crippen LogP contribution in [0.25, 0.3) is 11.1 Å². The van der Waals surface area contributed by atoms with Crippen LogP contribution in [0.4, 0.5) is 4.39 Å². The predicted octanol–water partition coefficient (Wildman–Crippen LogP) is 6.63. The van der Waals surface area contributed by atoms with Gasteiger partial charge in [-0.2, -0.15) is 0 Å². The van der Waals surface area contributed by atoms with Crippen molar-refractivity contribution >= 4 is 35.4 Å². The van der Waals surface area contributed by atoms with Crippen LogP contribution in [0, 0.1) is 11.2 Å². The van der Waals surface area contributed by atoms with Gasteiger partial charge in [-0.15, -0.1) is 0 Å². The highest BCUT2D eigenvalue weighted by molar-refractivity contribution is 6.34. The molecule has 0 radical (unpaired) electrons. The van der Waals surface area contributed by atoms with Crippen LogP contribution < -0.4 is 9.47 Å². The SMILES string of the molecule is C=C(C)C(=O)OCc1cc(-c2ccc(OCCCCCCCC)c(F)c2)ccc1OCC(COC(=O)C(=C)C)(COC(=O)C(=O)CCOC)COC(=O)C(=O)CCOC. The molecule has 0 aliphatic rings. The number of carbonyl (C=O) groups excluding carboxylic acids is 6. The second kappa shape index (κ2) is 26.6. The number of methoxy groups -OCH3 is 2. The first kappa shape index (κ1) is 49.7. The minimum atomic E-state index is -1.72. The van der Waals surface area contributed by atoms with Crippen molar-refractivity contribution in [2.24, 2.45) is 5.41 Å². The molecule has 0 aliphatic heterocycles. The smallest absolute Gasteiger partial charge is 0.374 e. The number of ketones is 2. The van der Waals surface area contributed by atoms with E-state index in [1.165, 1.54) is 52.7 Å². The van der Waals surface area contributed by atoms with Gasteiger partial charge < -0.3 is 37.9 Å². The van der Waals surface area contributed by atoms with Gasteiger partial charge in [0.05, 0.1) is 19.8 Å². The number of rotatable bonds is 30. The van der Waals surface area contributed by atoms with Gasteiger partial charge in [0.2, 0.25) is 11.6 Å². The fourth-order valence-corrected chi connectivity index (χ4v) is 5.16.